The molecule has 0 aromatic rings. The van der Waals surface area contributed by atoms with E-state index in [0.29, 0.717) is 13.2 Å². The molecule has 0 aliphatic heterocycles. The Morgan fingerprint density at radius 3 is 1.52 bits per heavy atom. The fourth-order valence-electron chi connectivity index (χ4n) is 1.44. The summed E-state index contributed by atoms with van der Waals surface area (Å²) < 4.78 is 9.86. The van der Waals surface area contributed by atoms with Crippen LogP contribution in [0.4, 0.5) is 0 Å². The number of Topliss-reactive ketones (excluding diaryl/α,β-unsaturated/α-hetero) is 2. The fraction of sp³-hybridized carbons (Fsp3) is 0.889. The van der Waals surface area contributed by atoms with E-state index in [1.165, 1.54) is 13.8 Å². The van der Waals surface area contributed by atoms with Gasteiger partial charge in [-0.3, -0.25) is 9.59 Å². The van der Waals surface area contributed by atoms with Crippen molar-refractivity contribution in [2.75, 3.05) is 26.9 Å². The smallest absolute Gasteiger partial charge is 0.169 e. The van der Waals surface area contributed by atoms with E-state index in [1.54, 1.807) is 27.9 Å². The van der Waals surface area contributed by atoms with E-state index >= 15 is 0 Å². The zero-order valence-electron chi connectivity index (χ0n) is 15.7. The summed E-state index contributed by atoms with van der Waals surface area (Å²) >= 11 is 0. The summed E-state index contributed by atoms with van der Waals surface area (Å²) in [5.74, 6) is -0.00129. The number of hydrogen-bond donors (Lipinski definition) is 1. The van der Waals surface area contributed by atoms with Gasteiger partial charge in [-0.25, -0.2) is 0 Å². The van der Waals surface area contributed by atoms with E-state index in [9.17, 15) is 14.7 Å². The maximum Gasteiger partial charge on any atom is 0.169 e. The number of ketones is 2. The third kappa shape index (κ3) is 14.5. The lowest BCUT2D eigenvalue weighted by atomic mass is 9.82. The molecule has 0 spiro atoms. The Morgan fingerprint density at radius 1 is 0.870 bits per heavy atom. The molecular weight excluding hydrogens is 296 g/mol. The molecule has 0 bridgehead atoms. The van der Waals surface area contributed by atoms with Crippen LogP contribution >= 0.6 is 0 Å². The fourth-order valence-corrected chi connectivity index (χ4v) is 1.44. The Kier molecular flexibility index (Phi) is 12.8. The molecule has 0 fully saturated rings. The van der Waals surface area contributed by atoms with Crippen LogP contribution in [0.3, 0.4) is 0 Å². The minimum atomic E-state index is -1.20. The van der Waals surface area contributed by atoms with Gasteiger partial charge in [-0.1, -0.05) is 49.0 Å². The third-order valence-electron chi connectivity index (χ3n) is 2.74. The topological polar surface area (TPSA) is 72.8 Å². The van der Waals surface area contributed by atoms with Gasteiger partial charge in [0, 0.05) is 17.9 Å². The first kappa shape index (κ1) is 27.1. The lowest BCUT2D eigenvalue weighted by molar-refractivity contribution is -0.142. The van der Waals surface area contributed by atoms with Gasteiger partial charge in [-0.15, -0.1) is 0 Å². The van der Waals surface area contributed by atoms with E-state index in [4.69, 9.17) is 9.47 Å². The molecule has 140 valence electrons. The van der Waals surface area contributed by atoms with Gasteiger partial charge in [0.1, 0.15) is 12.2 Å². The molecule has 0 aliphatic rings. The number of methoxy groups -OCH3 is 1. The Hall–Kier alpha value is -0.780. The number of rotatable bonds is 6. The first-order valence-electron chi connectivity index (χ1n) is 7.51. The minimum Gasteiger partial charge on any atom is -0.383 e. The third-order valence-corrected chi connectivity index (χ3v) is 2.74. The van der Waals surface area contributed by atoms with Gasteiger partial charge in [0.15, 0.2) is 11.6 Å². The lowest BCUT2D eigenvalue weighted by Crippen LogP contribution is -2.40. The highest BCUT2D eigenvalue weighted by molar-refractivity contribution is 5.90. The van der Waals surface area contributed by atoms with Crippen LogP contribution in [0.2, 0.25) is 0 Å². The Bertz CT molecular complexity index is 324. The summed E-state index contributed by atoms with van der Waals surface area (Å²) in [7, 11) is 1.61. The van der Waals surface area contributed by atoms with Crippen molar-refractivity contribution < 1.29 is 24.2 Å². The van der Waals surface area contributed by atoms with Crippen LogP contribution in [0.1, 0.15) is 62.8 Å². The van der Waals surface area contributed by atoms with Crippen LogP contribution in [-0.4, -0.2) is 49.2 Å². The molecular formula is C18H38O5. The van der Waals surface area contributed by atoms with E-state index in [-0.39, 0.29) is 31.0 Å². The quantitative estimate of drug-likeness (QED) is 0.755. The molecule has 0 rings (SSSR count). The van der Waals surface area contributed by atoms with Crippen molar-refractivity contribution in [1.29, 1.82) is 0 Å². The highest BCUT2D eigenvalue weighted by Crippen LogP contribution is 2.22. The molecule has 0 saturated carbocycles. The van der Waals surface area contributed by atoms with Crippen LogP contribution in [0, 0.1) is 10.8 Å². The molecule has 5 heteroatoms. The van der Waals surface area contributed by atoms with Crippen LogP contribution in [-0.2, 0) is 19.1 Å². The minimum absolute atomic E-state index is 0. The Morgan fingerprint density at radius 2 is 1.30 bits per heavy atom. The summed E-state index contributed by atoms with van der Waals surface area (Å²) in [5.41, 5.74) is -1.94. The van der Waals surface area contributed by atoms with E-state index < -0.39 is 11.0 Å². The largest absolute Gasteiger partial charge is 0.383 e. The van der Waals surface area contributed by atoms with Gasteiger partial charge in [0.25, 0.3) is 0 Å². The Labute approximate surface area is 142 Å². The number of carbonyl (C=O) groups is 2. The molecule has 0 radical (unpaired) electrons. The van der Waals surface area contributed by atoms with Gasteiger partial charge < -0.3 is 14.6 Å². The molecule has 0 amide bonds. The zero-order valence-corrected chi connectivity index (χ0v) is 15.7. The highest BCUT2D eigenvalue weighted by Gasteiger charge is 2.33. The first-order valence-corrected chi connectivity index (χ1v) is 7.51. The first-order chi connectivity index (χ1) is 9.64. The molecule has 0 atom stereocenters. The molecule has 5 nitrogen and oxygen atoms in total. The monoisotopic (exact) mass is 334 g/mol. The summed E-state index contributed by atoms with van der Waals surface area (Å²) in [4.78, 5) is 22.5. The molecule has 0 aromatic carbocycles. The molecule has 0 aliphatic carbocycles. The second-order valence-corrected chi connectivity index (χ2v) is 7.86. The summed E-state index contributed by atoms with van der Waals surface area (Å²) in [6.45, 7) is 15.3. The normalized spacial score (nSPS) is 11.9. The average molecular weight is 334 g/mol. The number of hydrogen-bond acceptors (Lipinski definition) is 5. The number of aliphatic hydroxyl groups is 1. The van der Waals surface area contributed by atoms with Gasteiger partial charge in [-0.2, -0.15) is 0 Å². The van der Waals surface area contributed by atoms with Crippen molar-refractivity contribution in [2.45, 2.75) is 68.4 Å². The second kappa shape index (κ2) is 10.9. The van der Waals surface area contributed by atoms with Gasteiger partial charge in [0.05, 0.1) is 13.2 Å². The summed E-state index contributed by atoms with van der Waals surface area (Å²) in [5, 5.41) is 9.27. The van der Waals surface area contributed by atoms with Crippen LogP contribution < -0.4 is 0 Å². The lowest BCUT2D eigenvalue weighted by Gasteiger charge is -2.25. The number of carbonyl (C=O) groups excluding carboxylic acids is 2. The van der Waals surface area contributed by atoms with Crippen molar-refractivity contribution in [1.82, 2.24) is 0 Å². The van der Waals surface area contributed by atoms with E-state index in [2.05, 4.69) is 0 Å². The molecule has 0 saturated heterocycles. The molecule has 1 N–H and O–H groups in total. The van der Waals surface area contributed by atoms with E-state index in [1.807, 2.05) is 20.8 Å². The van der Waals surface area contributed by atoms with Gasteiger partial charge in [0.2, 0.25) is 0 Å². The van der Waals surface area contributed by atoms with Crippen molar-refractivity contribution in [2.24, 2.45) is 10.8 Å². The van der Waals surface area contributed by atoms with Gasteiger partial charge >= 0.3 is 0 Å². The highest BCUT2D eigenvalue weighted by atomic mass is 16.5. The predicted octanol–water partition coefficient (Wildman–Crippen LogP) is 3.27. The average Bonchev–Trinajstić information content (AvgIpc) is 2.30. The van der Waals surface area contributed by atoms with Crippen LogP contribution in [0.25, 0.3) is 0 Å². The molecule has 0 unspecified atom stereocenters. The van der Waals surface area contributed by atoms with Crippen molar-refractivity contribution in [3.8, 4) is 0 Å². The van der Waals surface area contributed by atoms with Gasteiger partial charge in [-0.05, 0) is 13.8 Å². The molecule has 23 heavy (non-hydrogen) atoms. The zero-order chi connectivity index (χ0) is 18.2. The molecule has 0 aromatic heterocycles. The predicted molar refractivity (Wildman–Crippen MR) is 94.6 cm³/mol. The summed E-state index contributed by atoms with van der Waals surface area (Å²) in [6, 6.07) is 0. The second-order valence-electron chi connectivity index (χ2n) is 7.86. The summed E-state index contributed by atoms with van der Waals surface area (Å²) in [6.07, 6.45) is 0. The molecule has 0 heterocycles. The maximum absolute atomic E-state index is 11.3. The Balaban J connectivity index is -0.000000338. The SMILES string of the molecule is C.CC(C)(C)C(=O)C(C)(C)O.COCCOCC(=O)C(C)(C)C. The van der Waals surface area contributed by atoms with Crippen molar-refractivity contribution in [3.63, 3.8) is 0 Å². The van der Waals surface area contributed by atoms with Crippen LogP contribution in [0.5, 0.6) is 0 Å². The number of ether oxygens (including phenoxy) is 2. The van der Waals surface area contributed by atoms with Crippen LogP contribution in [0.15, 0.2) is 0 Å². The maximum atomic E-state index is 11.3. The van der Waals surface area contributed by atoms with E-state index in [0.717, 1.165) is 0 Å². The standard InChI is InChI=1S/C9H18O3.C8H16O2.CH4/c1-9(2,3)8(10)7-12-6-5-11-4;1-7(2,3)6(9)8(4,5)10;/h5-7H2,1-4H3;10H,1-5H3;1H4. The van der Waals surface area contributed by atoms with Crippen molar-refractivity contribution >= 4 is 11.6 Å². The van der Waals surface area contributed by atoms with Crippen molar-refractivity contribution in [3.05, 3.63) is 0 Å².